The van der Waals surface area contributed by atoms with Gasteiger partial charge in [0.05, 0.1) is 10.8 Å². The third-order valence-corrected chi connectivity index (χ3v) is 9.46. The van der Waals surface area contributed by atoms with Gasteiger partial charge in [0, 0.05) is 29.9 Å². The fraction of sp³-hybridized carbons (Fsp3) is 0.214. The molecule has 0 aliphatic heterocycles. The van der Waals surface area contributed by atoms with Gasteiger partial charge in [0.15, 0.2) is 0 Å². The number of nitrogens with one attached hydrogen (secondary N) is 3. The number of aryl methyl sites for hydroxylation is 1. The molecule has 0 saturated heterocycles. The second-order valence-corrected chi connectivity index (χ2v) is 14.0. The summed E-state index contributed by atoms with van der Waals surface area (Å²) in [6.45, 7) is 8.24. The largest absolute Gasteiger partial charge is 0.444 e. The molecule has 5 rings (SSSR count). The molecule has 5 aromatic rings. The Bertz CT molecular complexity index is 1670. The van der Waals surface area contributed by atoms with E-state index in [0.717, 1.165) is 16.9 Å². The molecular weight excluding hydrogens is 611 g/mol. The van der Waals surface area contributed by atoms with Crippen LogP contribution in [0.5, 0.6) is 0 Å². The predicted molar refractivity (Wildman–Crippen MR) is 204 cm³/mol. The van der Waals surface area contributed by atoms with Gasteiger partial charge in [0.25, 0.3) is 0 Å². The first-order chi connectivity index (χ1) is 23.2. The minimum atomic E-state index is -0.608. The van der Waals surface area contributed by atoms with Crippen LogP contribution >= 0.6 is 11.8 Å². The topological polar surface area (TPSA) is 62.4 Å². The van der Waals surface area contributed by atoms with E-state index in [1.165, 1.54) is 22.3 Å². The molecule has 48 heavy (non-hydrogen) atoms. The molecule has 0 aliphatic carbocycles. The molecule has 0 unspecified atom stereocenters. The lowest BCUT2D eigenvalue weighted by Crippen LogP contribution is -2.45. The lowest BCUT2D eigenvalue weighted by Gasteiger charge is -2.37. The highest BCUT2D eigenvalue weighted by Gasteiger charge is 2.37. The predicted octanol–water partition coefficient (Wildman–Crippen LogP) is 10.1. The molecule has 0 aliphatic rings. The number of carbonyl (C=O) groups excluding carboxylic acids is 1. The van der Waals surface area contributed by atoms with Crippen molar-refractivity contribution in [2.75, 3.05) is 22.9 Å². The van der Waals surface area contributed by atoms with Gasteiger partial charge in [0.1, 0.15) is 5.60 Å². The zero-order valence-electron chi connectivity index (χ0n) is 28.2. The van der Waals surface area contributed by atoms with Crippen LogP contribution in [0.15, 0.2) is 146 Å². The van der Waals surface area contributed by atoms with E-state index in [0.29, 0.717) is 12.3 Å². The first kappa shape index (κ1) is 34.4. The van der Waals surface area contributed by atoms with Crippen LogP contribution in [0.4, 0.5) is 16.2 Å². The van der Waals surface area contributed by atoms with Gasteiger partial charge in [0.2, 0.25) is 0 Å². The van der Waals surface area contributed by atoms with Gasteiger partial charge in [-0.05, 0) is 74.2 Å². The maximum Gasteiger partial charge on any atom is 0.407 e. The Morgan fingerprint density at radius 1 is 0.729 bits per heavy atom. The smallest absolute Gasteiger partial charge is 0.407 e. The summed E-state index contributed by atoms with van der Waals surface area (Å²) in [5.41, 5.74) is 7.20. The molecule has 0 heterocycles. The number of carbonyl (C=O) groups is 1. The summed E-state index contributed by atoms with van der Waals surface area (Å²) in [6.07, 6.45) is 3.58. The quantitative estimate of drug-likeness (QED) is 0.110. The number of amides is 1. The molecule has 246 valence electrons. The molecule has 0 spiro atoms. The molecular formula is C42H45N3O2S. The van der Waals surface area contributed by atoms with E-state index < -0.39 is 16.4 Å². The molecule has 5 nitrogen and oxygen atoms in total. The van der Waals surface area contributed by atoms with E-state index in [1.54, 1.807) is 0 Å². The van der Waals surface area contributed by atoms with Crippen LogP contribution in [-0.4, -0.2) is 30.0 Å². The van der Waals surface area contributed by atoms with Crippen molar-refractivity contribution in [3.8, 4) is 0 Å². The molecule has 0 aromatic heterocycles. The number of ether oxygens (including phenoxy) is 1. The zero-order chi connectivity index (χ0) is 33.8. The average Bonchev–Trinajstić information content (AvgIpc) is 3.08. The van der Waals surface area contributed by atoms with Gasteiger partial charge in [-0.15, -0.1) is 11.8 Å². The van der Waals surface area contributed by atoms with Crippen LogP contribution in [0.1, 0.15) is 48.6 Å². The summed E-state index contributed by atoms with van der Waals surface area (Å²) in [5.74, 6) is 0.613. The van der Waals surface area contributed by atoms with Gasteiger partial charge in [-0.3, -0.25) is 0 Å². The molecule has 5 aromatic carbocycles. The van der Waals surface area contributed by atoms with E-state index in [1.807, 2.05) is 75.1 Å². The van der Waals surface area contributed by atoms with Crippen molar-refractivity contribution in [1.82, 2.24) is 5.32 Å². The molecule has 0 bridgehead atoms. The first-order valence-corrected chi connectivity index (χ1v) is 17.3. The van der Waals surface area contributed by atoms with Crippen molar-refractivity contribution in [3.05, 3.63) is 174 Å². The van der Waals surface area contributed by atoms with Gasteiger partial charge in [-0.25, -0.2) is 4.79 Å². The molecule has 0 saturated carbocycles. The summed E-state index contributed by atoms with van der Waals surface area (Å²) in [5, 5.41) is 10.1. The molecule has 1 atom stereocenters. The number of hydrogen-bond acceptors (Lipinski definition) is 5. The summed E-state index contributed by atoms with van der Waals surface area (Å²) in [7, 11) is 0. The third-order valence-electron chi connectivity index (χ3n) is 7.75. The highest BCUT2D eigenvalue weighted by atomic mass is 32.2. The Morgan fingerprint density at radius 2 is 1.29 bits per heavy atom. The number of benzene rings is 5. The van der Waals surface area contributed by atoms with Gasteiger partial charge in [-0.2, -0.15) is 0 Å². The van der Waals surface area contributed by atoms with E-state index in [-0.39, 0.29) is 6.04 Å². The van der Waals surface area contributed by atoms with Gasteiger partial charge in [-0.1, -0.05) is 127 Å². The van der Waals surface area contributed by atoms with Gasteiger partial charge >= 0.3 is 6.09 Å². The molecule has 0 radical (unpaired) electrons. The highest BCUT2D eigenvalue weighted by Crippen LogP contribution is 2.48. The minimum Gasteiger partial charge on any atom is -0.444 e. The van der Waals surface area contributed by atoms with E-state index >= 15 is 0 Å². The summed E-state index contributed by atoms with van der Waals surface area (Å²) >= 11 is 1.81. The van der Waals surface area contributed by atoms with Crippen molar-refractivity contribution in [2.24, 2.45) is 0 Å². The SMILES string of the molecule is Cc1cccc(/C=C/Nc2cccc(NC[C@H](CSC(c3ccccc3)(c3ccccc3)c3ccccc3)NC(=O)OC(C)(C)C)c2)c1. The molecule has 6 heteroatoms. The lowest BCUT2D eigenvalue weighted by atomic mass is 9.84. The summed E-state index contributed by atoms with van der Waals surface area (Å²) in [6, 6.07) is 48.1. The Balaban J connectivity index is 1.39. The summed E-state index contributed by atoms with van der Waals surface area (Å²) in [4.78, 5) is 13.1. The molecule has 1 amide bonds. The normalized spacial score (nSPS) is 12.3. The van der Waals surface area contributed by atoms with Crippen molar-refractivity contribution in [2.45, 2.75) is 44.1 Å². The van der Waals surface area contributed by atoms with Crippen molar-refractivity contribution in [1.29, 1.82) is 0 Å². The number of rotatable bonds is 13. The van der Waals surface area contributed by atoms with Crippen LogP contribution < -0.4 is 16.0 Å². The zero-order valence-corrected chi connectivity index (χ0v) is 29.0. The third kappa shape index (κ3) is 9.55. The number of hydrogen-bond donors (Lipinski definition) is 3. The standard InChI is InChI=1S/C42H45N3O2S/c1-32-16-14-17-33(28-32)26-27-43-37-24-15-25-38(29-37)44-30-39(45-40(46)47-41(2,3)4)31-48-42(34-18-8-5-9-19-34,35-20-10-6-11-21-35)36-22-12-7-13-23-36/h5-29,39,43-44H,30-31H2,1-4H3,(H,45,46)/b27-26+/t39-/m1/s1. The van der Waals surface area contributed by atoms with Crippen LogP contribution in [-0.2, 0) is 9.48 Å². The number of anilines is 2. The second kappa shape index (κ2) is 16.2. The molecule has 0 fully saturated rings. The Kier molecular flexibility index (Phi) is 11.6. The molecule has 3 N–H and O–H groups in total. The van der Waals surface area contributed by atoms with E-state index in [2.05, 4.69) is 132 Å². The van der Waals surface area contributed by atoms with Crippen molar-refractivity contribution < 1.29 is 9.53 Å². The highest BCUT2D eigenvalue weighted by molar-refractivity contribution is 8.00. The fourth-order valence-electron chi connectivity index (χ4n) is 5.59. The first-order valence-electron chi connectivity index (χ1n) is 16.3. The average molecular weight is 656 g/mol. The second-order valence-electron chi connectivity index (χ2n) is 12.8. The van der Waals surface area contributed by atoms with E-state index in [9.17, 15) is 4.79 Å². The van der Waals surface area contributed by atoms with Gasteiger partial charge < -0.3 is 20.7 Å². The van der Waals surface area contributed by atoms with Crippen LogP contribution in [0.25, 0.3) is 6.08 Å². The van der Waals surface area contributed by atoms with Crippen LogP contribution in [0.2, 0.25) is 0 Å². The minimum absolute atomic E-state index is 0.252. The van der Waals surface area contributed by atoms with Crippen molar-refractivity contribution in [3.63, 3.8) is 0 Å². The number of thioether (sulfide) groups is 1. The maximum atomic E-state index is 13.1. The summed E-state index contributed by atoms with van der Waals surface area (Å²) < 4.78 is 5.20. The van der Waals surface area contributed by atoms with Crippen LogP contribution in [0.3, 0.4) is 0 Å². The van der Waals surface area contributed by atoms with E-state index in [4.69, 9.17) is 4.74 Å². The Labute approximate surface area is 289 Å². The monoisotopic (exact) mass is 655 g/mol. The Hall–Kier alpha value is -4.94. The maximum absolute atomic E-state index is 13.1. The fourth-order valence-corrected chi connectivity index (χ4v) is 7.15. The number of alkyl carbamates (subject to hydrolysis) is 1. The Morgan fingerprint density at radius 3 is 1.85 bits per heavy atom. The van der Waals surface area contributed by atoms with Crippen molar-refractivity contribution >= 4 is 35.3 Å². The van der Waals surface area contributed by atoms with Crippen LogP contribution in [0, 0.1) is 6.92 Å². The lowest BCUT2D eigenvalue weighted by molar-refractivity contribution is 0.0512.